The Hall–Kier alpha value is -5.06. The van der Waals surface area contributed by atoms with E-state index in [2.05, 4.69) is 39.7 Å². The maximum absolute atomic E-state index is 15.3. The zero-order valence-electron chi connectivity index (χ0n) is 29.1. The van der Waals surface area contributed by atoms with Gasteiger partial charge in [0, 0.05) is 45.4 Å². The Morgan fingerprint density at radius 1 is 0.922 bits per heavy atom. The van der Waals surface area contributed by atoms with Crippen LogP contribution in [-0.4, -0.2) is 87.4 Å². The van der Waals surface area contributed by atoms with Crippen LogP contribution in [0.5, 0.6) is 5.75 Å². The molecule has 5 heterocycles. The van der Waals surface area contributed by atoms with Crippen molar-refractivity contribution >= 4 is 36.7 Å². The molecule has 0 atom stereocenters. The van der Waals surface area contributed by atoms with Gasteiger partial charge in [-0.1, -0.05) is 31.8 Å². The van der Waals surface area contributed by atoms with E-state index in [1.807, 2.05) is 39.8 Å². The molecular weight excluding hydrogens is 675 g/mol. The minimum absolute atomic E-state index is 0.0587. The van der Waals surface area contributed by atoms with Gasteiger partial charge in [0.2, 0.25) is 11.9 Å². The highest BCUT2D eigenvalue weighted by Crippen LogP contribution is 2.30. The van der Waals surface area contributed by atoms with Gasteiger partial charge in [0.25, 0.3) is 0 Å². The molecule has 1 fully saturated rings. The molecule has 6 aromatic rings. The van der Waals surface area contributed by atoms with Crippen molar-refractivity contribution in [3.8, 4) is 16.9 Å². The first kappa shape index (κ1) is 34.4. The summed E-state index contributed by atoms with van der Waals surface area (Å²) in [5.74, 6) is 0.230. The van der Waals surface area contributed by atoms with Crippen molar-refractivity contribution in [1.29, 1.82) is 0 Å². The lowest BCUT2D eigenvalue weighted by Crippen LogP contribution is -2.38. The third-order valence-corrected chi connectivity index (χ3v) is 10.5. The number of ether oxygens (including phenoxy) is 3. The lowest BCUT2D eigenvalue weighted by atomic mass is 10.2. The number of methoxy groups -OCH3 is 1. The summed E-state index contributed by atoms with van der Waals surface area (Å²) in [6, 6.07) is 13.2. The van der Waals surface area contributed by atoms with Crippen molar-refractivity contribution in [1.82, 2.24) is 39.3 Å². The molecule has 0 unspecified atom stereocenters. The Labute approximate surface area is 294 Å². The molecule has 0 amide bonds. The minimum atomic E-state index is -1.37. The highest BCUT2D eigenvalue weighted by molar-refractivity contribution is 6.76. The molecule has 0 bridgehead atoms. The van der Waals surface area contributed by atoms with E-state index in [9.17, 15) is 4.39 Å². The SMILES string of the molecule is COc1ccc(CN(Cc2nc3c(F)c(F)ccc3n2COCC[Si](C)(C)C)c2nc(N3CCOCC3)nc3c(-c4ccnnc4)cnn23)cc1. The van der Waals surface area contributed by atoms with Gasteiger partial charge >= 0.3 is 0 Å². The van der Waals surface area contributed by atoms with Crippen LogP contribution in [0.1, 0.15) is 11.4 Å². The highest BCUT2D eigenvalue weighted by atomic mass is 28.3. The van der Waals surface area contributed by atoms with Crippen LogP contribution in [0, 0.1) is 11.6 Å². The minimum Gasteiger partial charge on any atom is -0.497 e. The maximum Gasteiger partial charge on any atom is 0.232 e. The van der Waals surface area contributed by atoms with Crippen LogP contribution in [0.4, 0.5) is 20.7 Å². The molecule has 7 rings (SSSR count). The Bertz CT molecular complexity index is 2120. The summed E-state index contributed by atoms with van der Waals surface area (Å²) >= 11 is 0. The summed E-state index contributed by atoms with van der Waals surface area (Å²) in [4.78, 5) is 18.9. The Balaban J connectivity index is 1.37. The zero-order valence-corrected chi connectivity index (χ0v) is 30.1. The van der Waals surface area contributed by atoms with Crippen LogP contribution in [0.15, 0.2) is 61.1 Å². The fourth-order valence-electron chi connectivity index (χ4n) is 5.92. The van der Waals surface area contributed by atoms with Gasteiger partial charge in [0.15, 0.2) is 17.3 Å². The fourth-order valence-corrected chi connectivity index (χ4v) is 6.67. The molecule has 2 aromatic carbocycles. The molecule has 1 aliphatic heterocycles. The summed E-state index contributed by atoms with van der Waals surface area (Å²) in [5.41, 5.74) is 3.46. The number of aromatic nitrogens is 8. The molecule has 1 saturated heterocycles. The predicted octanol–water partition coefficient (Wildman–Crippen LogP) is 5.57. The first-order valence-corrected chi connectivity index (χ1v) is 20.5. The highest BCUT2D eigenvalue weighted by Gasteiger charge is 2.26. The van der Waals surface area contributed by atoms with E-state index in [4.69, 9.17) is 29.3 Å². The number of hydrogen-bond donors (Lipinski definition) is 0. The lowest BCUT2D eigenvalue weighted by Gasteiger charge is -2.29. The van der Waals surface area contributed by atoms with Gasteiger partial charge in [0.1, 0.15) is 23.8 Å². The van der Waals surface area contributed by atoms with Crippen molar-refractivity contribution in [2.24, 2.45) is 0 Å². The van der Waals surface area contributed by atoms with E-state index in [0.717, 1.165) is 34.6 Å². The monoisotopic (exact) mass is 714 g/mol. The average Bonchev–Trinajstić information content (AvgIpc) is 3.73. The molecule has 0 radical (unpaired) electrons. The van der Waals surface area contributed by atoms with Crippen molar-refractivity contribution in [2.45, 2.75) is 45.5 Å². The number of benzene rings is 2. The number of rotatable bonds is 13. The Morgan fingerprint density at radius 3 is 2.45 bits per heavy atom. The van der Waals surface area contributed by atoms with Crippen LogP contribution in [0.3, 0.4) is 0 Å². The Kier molecular flexibility index (Phi) is 9.88. The van der Waals surface area contributed by atoms with Crippen LogP contribution < -0.4 is 14.5 Å². The van der Waals surface area contributed by atoms with Crippen LogP contribution in [0.2, 0.25) is 25.7 Å². The van der Waals surface area contributed by atoms with Crippen LogP contribution in [0.25, 0.3) is 27.8 Å². The summed E-state index contributed by atoms with van der Waals surface area (Å²) in [5, 5.41) is 12.8. The topological polar surface area (TPSA) is 121 Å². The first-order valence-electron chi connectivity index (χ1n) is 16.8. The lowest BCUT2D eigenvalue weighted by molar-refractivity contribution is 0.0878. The number of halogens is 2. The summed E-state index contributed by atoms with van der Waals surface area (Å²) in [6.07, 6.45) is 5.03. The summed E-state index contributed by atoms with van der Waals surface area (Å²) in [7, 11) is 0.251. The smallest absolute Gasteiger partial charge is 0.232 e. The maximum atomic E-state index is 15.3. The van der Waals surface area contributed by atoms with Crippen molar-refractivity contribution in [3.63, 3.8) is 0 Å². The molecule has 0 N–H and O–H groups in total. The van der Waals surface area contributed by atoms with E-state index in [0.29, 0.717) is 68.3 Å². The number of hydrogen-bond acceptors (Lipinski definition) is 11. The van der Waals surface area contributed by atoms with E-state index in [1.165, 1.54) is 0 Å². The quantitative estimate of drug-likeness (QED) is 0.110. The molecule has 0 saturated carbocycles. The number of fused-ring (bicyclic) bond motifs is 2. The molecule has 51 heavy (non-hydrogen) atoms. The molecule has 16 heteroatoms. The second-order valence-electron chi connectivity index (χ2n) is 13.6. The third-order valence-electron chi connectivity index (χ3n) is 8.78. The molecule has 0 spiro atoms. The second kappa shape index (κ2) is 14.7. The second-order valence-corrected chi connectivity index (χ2v) is 19.2. The van der Waals surface area contributed by atoms with Gasteiger partial charge in [-0.2, -0.15) is 29.8 Å². The van der Waals surface area contributed by atoms with Gasteiger partial charge < -0.3 is 28.6 Å². The normalized spacial score (nSPS) is 13.7. The molecule has 0 aliphatic carbocycles. The van der Waals surface area contributed by atoms with E-state index >= 15 is 4.39 Å². The summed E-state index contributed by atoms with van der Waals surface area (Å²) < 4.78 is 50.5. The summed E-state index contributed by atoms with van der Waals surface area (Å²) in [6.45, 7) is 10.3. The largest absolute Gasteiger partial charge is 0.497 e. The number of morpholine rings is 1. The first-order chi connectivity index (χ1) is 24.7. The average molecular weight is 715 g/mol. The molecule has 266 valence electrons. The third kappa shape index (κ3) is 7.52. The van der Waals surface area contributed by atoms with Gasteiger partial charge in [-0.15, -0.1) is 0 Å². The standard InChI is InChI=1S/C35H40F2N10O3Si/c1-48-26-7-5-24(6-8-26)21-45(22-30-41-32-29(10-9-28(36)31(32)37)46(30)23-50-17-18-51(2,3)4)35-43-34(44-13-15-49-16-14-44)42-33-27(20-40-47(33)35)25-11-12-38-39-19-25/h5-12,19-20H,13-18,21-23H2,1-4H3. The van der Waals surface area contributed by atoms with Crippen LogP contribution in [-0.2, 0) is 29.3 Å². The van der Waals surface area contributed by atoms with Crippen LogP contribution >= 0.6 is 0 Å². The van der Waals surface area contributed by atoms with Crippen molar-refractivity contribution in [3.05, 3.63) is 84.1 Å². The molecule has 13 nitrogen and oxygen atoms in total. The predicted molar refractivity (Wildman–Crippen MR) is 191 cm³/mol. The number of anilines is 2. The van der Waals surface area contributed by atoms with Crippen molar-refractivity contribution < 1.29 is 23.0 Å². The molecule has 4 aromatic heterocycles. The molecule has 1 aliphatic rings. The van der Waals surface area contributed by atoms with Crippen molar-refractivity contribution in [2.75, 3.05) is 49.8 Å². The van der Waals surface area contributed by atoms with Gasteiger partial charge in [-0.05, 0) is 41.9 Å². The van der Waals surface area contributed by atoms with Gasteiger partial charge in [-0.3, -0.25) is 0 Å². The zero-order chi connectivity index (χ0) is 35.5. The number of nitrogens with zero attached hydrogens (tertiary/aromatic N) is 10. The van der Waals surface area contributed by atoms with E-state index in [-0.39, 0.29) is 18.8 Å². The number of imidazole rings is 1. The van der Waals surface area contributed by atoms with Gasteiger partial charge in [-0.25, -0.2) is 13.8 Å². The van der Waals surface area contributed by atoms with Gasteiger partial charge in [0.05, 0.1) is 51.0 Å². The fraction of sp³-hybridized carbons (Fsp3) is 0.371. The van der Waals surface area contributed by atoms with E-state index in [1.54, 1.807) is 36.3 Å². The molecular formula is C35H40F2N10O3Si. The Morgan fingerprint density at radius 2 is 1.73 bits per heavy atom. The van der Waals surface area contributed by atoms with E-state index < -0.39 is 19.7 Å².